The summed E-state index contributed by atoms with van der Waals surface area (Å²) in [4.78, 5) is 17.9. The number of hydrogen-bond acceptors (Lipinski definition) is 5. The molecule has 110 valence electrons. The Morgan fingerprint density at radius 2 is 2.05 bits per heavy atom. The van der Waals surface area contributed by atoms with Gasteiger partial charge in [0.2, 0.25) is 0 Å². The summed E-state index contributed by atoms with van der Waals surface area (Å²) in [5.41, 5.74) is 0.239. The van der Waals surface area contributed by atoms with E-state index in [4.69, 9.17) is 0 Å². The second-order valence-corrected chi connectivity index (χ2v) is 7.38. The molecule has 5 nitrogen and oxygen atoms in total. The Balaban J connectivity index is 1.93. The Hall–Kier alpha value is -1.34. The lowest BCUT2D eigenvalue weighted by Crippen LogP contribution is -2.43. The summed E-state index contributed by atoms with van der Waals surface area (Å²) >= 11 is 0. The Bertz CT molecular complexity index is 572. The maximum atomic E-state index is 12.8. The van der Waals surface area contributed by atoms with Gasteiger partial charge in [0.15, 0.2) is 15.6 Å². The number of sulfone groups is 1. The number of nitrogens with zero attached hydrogens (tertiary/aromatic N) is 2. The molecule has 0 radical (unpaired) electrons. The molecule has 0 aromatic carbocycles. The van der Waals surface area contributed by atoms with Crippen molar-refractivity contribution in [2.45, 2.75) is 6.92 Å². The van der Waals surface area contributed by atoms with Gasteiger partial charge in [0.05, 0.1) is 17.7 Å². The molecular formula is C13H17FN2O3S. The normalized spacial score (nSPS) is 20.5. The lowest BCUT2D eigenvalue weighted by molar-refractivity contribution is 0.0892. The molecule has 1 aromatic heterocycles. The lowest BCUT2D eigenvalue weighted by Gasteiger charge is -2.28. The van der Waals surface area contributed by atoms with E-state index >= 15 is 0 Å². The molecule has 1 aliphatic rings. The highest BCUT2D eigenvalue weighted by molar-refractivity contribution is 7.91. The fourth-order valence-corrected chi connectivity index (χ4v) is 3.45. The van der Waals surface area contributed by atoms with Gasteiger partial charge in [-0.3, -0.25) is 9.78 Å². The highest BCUT2D eigenvalue weighted by atomic mass is 32.2. The topological polar surface area (TPSA) is 67.3 Å². The van der Waals surface area contributed by atoms with Gasteiger partial charge in [-0.15, -0.1) is 0 Å². The minimum Gasteiger partial charge on any atom is -0.301 e. The minimum atomic E-state index is -2.91. The van der Waals surface area contributed by atoms with Gasteiger partial charge in [-0.1, -0.05) is 6.92 Å². The van der Waals surface area contributed by atoms with Crippen LogP contribution in [0.3, 0.4) is 0 Å². The van der Waals surface area contributed by atoms with Crippen LogP contribution in [0.5, 0.6) is 0 Å². The Morgan fingerprint density at radius 3 is 2.60 bits per heavy atom. The molecule has 0 N–H and O–H groups in total. The van der Waals surface area contributed by atoms with Crippen molar-refractivity contribution in [2.75, 3.05) is 31.1 Å². The van der Waals surface area contributed by atoms with Crippen LogP contribution in [-0.4, -0.2) is 55.2 Å². The fraction of sp³-hybridized carbons (Fsp3) is 0.538. The van der Waals surface area contributed by atoms with Crippen LogP contribution in [0.15, 0.2) is 18.3 Å². The lowest BCUT2D eigenvalue weighted by atomic mass is 10.0. The molecule has 0 bridgehead atoms. The number of hydrogen-bond donors (Lipinski definition) is 0. The van der Waals surface area contributed by atoms with Gasteiger partial charge in [-0.25, -0.2) is 12.8 Å². The average Bonchev–Trinajstić information content (AvgIpc) is 2.41. The number of carbonyl (C=O) groups is 1. The van der Waals surface area contributed by atoms with Crippen LogP contribution in [0.4, 0.5) is 4.39 Å². The third-order valence-electron chi connectivity index (χ3n) is 3.40. The van der Waals surface area contributed by atoms with Gasteiger partial charge in [-0.05, 0) is 12.1 Å². The maximum absolute atomic E-state index is 12.8. The summed E-state index contributed by atoms with van der Waals surface area (Å²) in [6.07, 6.45) is 1.02. The Kier molecular flexibility index (Phi) is 4.49. The first kappa shape index (κ1) is 15.1. The first-order valence-electron chi connectivity index (χ1n) is 6.46. The van der Waals surface area contributed by atoms with Crippen molar-refractivity contribution in [1.82, 2.24) is 9.88 Å². The average molecular weight is 300 g/mol. The quantitative estimate of drug-likeness (QED) is 0.768. The SMILES string of the molecule is CC(CN1CCS(=O)(=O)CC1)C(=O)c1ccc(F)cn1. The van der Waals surface area contributed by atoms with Gasteiger partial charge in [-0.2, -0.15) is 0 Å². The number of ketones is 1. The summed E-state index contributed by atoms with van der Waals surface area (Å²) in [7, 11) is -2.91. The summed E-state index contributed by atoms with van der Waals surface area (Å²) in [5, 5.41) is 0. The molecule has 0 amide bonds. The van der Waals surface area contributed by atoms with Gasteiger partial charge in [0.25, 0.3) is 0 Å². The molecule has 0 spiro atoms. The monoisotopic (exact) mass is 300 g/mol. The van der Waals surface area contributed by atoms with Crippen LogP contribution in [0.25, 0.3) is 0 Å². The van der Waals surface area contributed by atoms with Gasteiger partial charge in [0.1, 0.15) is 11.5 Å². The minimum absolute atomic E-state index is 0.142. The second-order valence-electron chi connectivity index (χ2n) is 5.08. The predicted octanol–water partition coefficient (Wildman–Crippen LogP) is 0.770. The van der Waals surface area contributed by atoms with E-state index in [1.807, 2.05) is 4.90 Å². The maximum Gasteiger partial charge on any atom is 0.185 e. The van der Waals surface area contributed by atoms with Crippen molar-refractivity contribution < 1.29 is 17.6 Å². The van der Waals surface area contributed by atoms with Crippen LogP contribution in [0, 0.1) is 11.7 Å². The molecule has 7 heteroatoms. The zero-order chi connectivity index (χ0) is 14.8. The highest BCUT2D eigenvalue weighted by Gasteiger charge is 2.25. The number of Topliss-reactive ketones (excluding diaryl/α,β-unsaturated/α-hetero) is 1. The molecule has 1 fully saturated rings. The number of halogens is 1. The Morgan fingerprint density at radius 1 is 1.40 bits per heavy atom. The molecule has 0 saturated carbocycles. The highest BCUT2D eigenvalue weighted by Crippen LogP contribution is 2.11. The summed E-state index contributed by atoms with van der Waals surface area (Å²) in [6, 6.07) is 2.58. The van der Waals surface area contributed by atoms with Crippen molar-refractivity contribution in [1.29, 1.82) is 0 Å². The number of aromatic nitrogens is 1. The van der Waals surface area contributed by atoms with Crippen molar-refractivity contribution in [3.05, 3.63) is 29.8 Å². The van der Waals surface area contributed by atoms with E-state index in [9.17, 15) is 17.6 Å². The molecule has 2 heterocycles. The van der Waals surface area contributed by atoms with Gasteiger partial charge in [0, 0.05) is 25.6 Å². The fourth-order valence-electron chi connectivity index (χ4n) is 2.18. The molecule has 1 atom stereocenters. The van der Waals surface area contributed by atoms with Crippen LogP contribution in [0.1, 0.15) is 17.4 Å². The molecular weight excluding hydrogens is 283 g/mol. The van der Waals surface area contributed by atoms with E-state index in [-0.39, 0.29) is 28.9 Å². The van der Waals surface area contributed by atoms with Crippen molar-refractivity contribution >= 4 is 15.6 Å². The first-order valence-corrected chi connectivity index (χ1v) is 8.28. The van der Waals surface area contributed by atoms with Crippen molar-refractivity contribution in [3.8, 4) is 0 Å². The standard InChI is InChI=1S/C13H17FN2O3S/c1-10(9-16-4-6-20(18,19)7-5-16)13(17)12-3-2-11(14)8-15-12/h2-3,8,10H,4-7,9H2,1H3. The van der Waals surface area contributed by atoms with Crippen LogP contribution < -0.4 is 0 Å². The van der Waals surface area contributed by atoms with Crippen LogP contribution in [0.2, 0.25) is 0 Å². The number of pyridine rings is 1. The molecule has 1 aromatic rings. The summed E-state index contributed by atoms with van der Waals surface area (Å²) < 4.78 is 35.4. The van der Waals surface area contributed by atoms with Gasteiger partial charge >= 0.3 is 0 Å². The molecule has 1 aliphatic heterocycles. The number of rotatable bonds is 4. The number of carbonyl (C=O) groups excluding carboxylic acids is 1. The van der Waals surface area contributed by atoms with E-state index in [0.29, 0.717) is 19.6 Å². The van der Waals surface area contributed by atoms with E-state index in [1.54, 1.807) is 6.92 Å². The molecule has 2 rings (SSSR count). The third-order valence-corrected chi connectivity index (χ3v) is 5.01. The van der Waals surface area contributed by atoms with Crippen molar-refractivity contribution in [3.63, 3.8) is 0 Å². The van der Waals surface area contributed by atoms with Crippen LogP contribution >= 0.6 is 0 Å². The largest absolute Gasteiger partial charge is 0.301 e. The van der Waals surface area contributed by atoms with Crippen LogP contribution in [-0.2, 0) is 9.84 Å². The Labute approximate surface area is 117 Å². The second kappa shape index (κ2) is 5.97. The van der Waals surface area contributed by atoms with E-state index in [1.165, 1.54) is 12.1 Å². The third kappa shape index (κ3) is 3.83. The van der Waals surface area contributed by atoms with Crippen molar-refractivity contribution in [2.24, 2.45) is 5.92 Å². The van der Waals surface area contributed by atoms with E-state index in [0.717, 1.165) is 6.20 Å². The molecule has 20 heavy (non-hydrogen) atoms. The van der Waals surface area contributed by atoms with E-state index in [2.05, 4.69) is 4.98 Å². The predicted molar refractivity (Wildman–Crippen MR) is 72.8 cm³/mol. The summed E-state index contributed by atoms with van der Waals surface area (Å²) in [5.74, 6) is -0.645. The molecule has 1 saturated heterocycles. The zero-order valence-electron chi connectivity index (χ0n) is 11.3. The molecule has 1 unspecified atom stereocenters. The molecule has 0 aliphatic carbocycles. The zero-order valence-corrected chi connectivity index (χ0v) is 12.1. The first-order chi connectivity index (χ1) is 9.37. The van der Waals surface area contributed by atoms with Gasteiger partial charge < -0.3 is 4.90 Å². The summed E-state index contributed by atoms with van der Waals surface area (Å²) in [6.45, 7) is 3.18. The van der Waals surface area contributed by atoms with E-state index < -0.39 is 15.7 Å². The smallest absolute Gasteiger partial charge is 0.185 e.